The maximum atomic E-state index is 11.3. The van der Waals surface area contributed by atoms with Gasteiger partial charge in [0.25, 0.3) is 5.91 Å². The summed E-state index contributed by atoms with van der Waals surface area (Å²) in [6, 6.07) is 0. The van der Waals surface area contributed by atoms with Gasteiger partial charge in [-0.3, -0.25) is 9.69 Å². The van der Waals surface area contributed by atoms with Crippen molar-refractivity contribution < 1.29 is 24.5 Å². The number of methoxy groups -OCH3 is 1. The third-order valence-electron chi connectivity index (χ3n) is 2.86. The fourth-order valence-corrected chi connectivity index (χ4v) is 1.96. The lowest BCUT2D eigenvalue weighted by molar-refractivity contribution is -0.166. The minimum absolute atomic E-state index is 0.187. The van der Waals surface area contributed by atoms with Gasteiger partial charge in [-0.25, -0.2) is 4.79 Å². The Balaban J connectivity index is 3.18. The molecule has 1 aliphatic rings. The number of likely N-dealkylation sites (tertiary alicyclic amines) is 1. The van der Waals surface area contributed by atoms with Gasteiger partial charge < -0.3 is 20.7 Å². The van der Waals surface area contributed by atoms with Crippen molar-refractivity contribution in [3.05, 3.63) is 0 Å². The van der Waals surface area contributed by atoms with Crippen LogP contribution in [0.1, 0.15) is 6.92 Å². The third kappa shape index (κ3) is 1.44. The van der Waals surface area contributed by atoms with E-state index in [1.165, 1.54) is 14.0 Å². The van der Waals surface area contributed by atoms with Gasteiger partial charge in [0.05, 0.1) is 12.6 Å². The zero-order valence-corrected chi connectivity index (χ0v) is 8.51. The lowest BCUT2D eigenvalue weighted by Crippen LogP contribution is -2.60. The van der Waals surface area contributed by atoms with Crippen LogP contribution in [-0.2, 0) is 9.53 Å². The van der Waals surface area contributed by atoms with Gasteiger partial charge in [0.2, 0.25) is 5.72 Å². The molecule has 4 N–H and O–H groups in total. The van der Waals surface area contributed by atoms with Gasteiger partial charge in [-0.15, -0.1) is 0 Å². The molecule has 0 aromatic carbocycles. The first-order valence-electron chi connectivity index (χ1n) is 4.41. The molecular weight excluding hydrogens is 204 g/mol. The topological polar surface area (TPSA) is 113 Å². The van der Waals surface area contributed by atoms with Crippen LogP contribution in [0.3, 0.4) is 0 Å². The third-order valence-corrected chi connectivity index (χ3v) is 2.86. The fourth-order valence-electron chi connectivity index (χ4n) is 1.96. The number of β-amino-alcohol motifs (C(OH)–C–C–N with tert-alkyl or cyclic N) is 1. The normalized spacial score (nSPS) is 35.5. The molecule has 7 heteroatoms. The number of carboxylic acid groups (broad SMARTS) is 1. The van der Waals surface area contributed by atoms with Crippen LogP contribution in [0.2, 0.25) is 0 Å². The molecule has 2 amide bonds. The van der Waals surface area contributed by atoms with E-state index in [1.54, 1.807) is 0 Å². The number of nitrogens with zero attached hydrogens (tertiary/aromatic N) is 1. The van der Waals surface area contributed by atoms with Gasteiger partial charge >= 0.3 is 6.09 Å². The maximum absolute atomic E-state index is 11.3. The monoisotopic (exact) mass is 218 g/mol. The number of rotatable bonds is 2. The molecule has 0 spiro atoms. The molecule has 0 bridgehead atoms. The van der Waals surface area contributed by atoms with Crippen LogP contribution in [0.5, 0.6) is 0 Å². The lowest BCUT2D eigenvalue weighted by Gasteiger charge is -2.34. The minimum atomic E-state index is -1.77. The minimum Gasteiger partial charge on any atom is -0.465 e. The molecule has 86 valence electrons. The second-order valence-electron chi connectivity index (χ2n) is 3.51. The summed E-state index contributed by atoms with van der Waals surface area (Å²) >= 11 is 0. The summed E-state index contributed by atoms with van der Waals surface area (Å²) in [5, 5.41) is 18.4. The average Bonchev–Trinajstić information content (AvgIpc) is 2.41. The van der Waals surface area contributed by atoms with E-state index in [4.69, 9.17) is 15.6 Å². The molecule has 1 rings (SSSR count). The van der Waals surface area contributed by atoms with Crippen LogP contribution < -0.4 is 5.73 Å². The van der Waals surface area contributed by atoms with Gasteiger partial charge in [0, 0.05) is 13.0 Å². The zero-order chi connectivity index (χ0) is 11.8. The highest BCUT2D eigenvalue weighted by Gasteiger charge is 2.58. The van der Waals surface area contributed by atoms with Crippen molar-refractivity contribution >= 4 is 12.0 Å². The van der Waals surface area contributed by atoms with Crippen LogP contribution >= 0.6 is 0 Å². The van der Waals surface area contributed by atoms with Crippen LogP contribution in [0, 0.1) is 5.92 Å². The Hall–Kier alpha value is -1.34. The number of nitrogens with two attached hydrogens (primary N) is 1. The van der Waals surface area contributed by atoms with E-state index in [-0.39, 0.29) is 6.54 Å². The van der Waals surface area contributed by atoms with E-state index >= 15 is 0 Å². The van der Waals surface area contributed by atoms with Crippen molar-refractivity contribution in [2.45, 2.75) is 18.8 Å². The number of hydrogen-bond acceptors (Lipinski definition) is 4. The summed E-state index contributed by atoms with van der Waals surface area (Å²) in [6.07, 6.45) is -2.31. The number of amides is 2. The highest BCUT2D eigenvalue weighted by Crippen LogP contribution is 2.35. The summed E-state index contributed by atoms with van der Waals surface area (Å²) in [5.74, 6) is -1.62. The van der Waals surface area contributed by atoms with Crippen LogP contribution in [0.25, 0.3) is 0 Å². The number of primary amides is 1. The molecule has 1 saturated heterocycles. The first kappa shape index (κ1) is 11.7. The molecule has 1 unspecified atom stereocenters. The van der Waals surface area contributed by atoms with Crippen molar-refractivity contribution in [3.8, 4) is 0 Å². The second-order valence-corrected chi connectivity index (χ2v) is 3.51. The van der Waals surface area contributed by atoms with E-state index in [9.17, 15) is 14.7 Å². The zero-order valence-electron chi connectivity index (χ0n) is 8.51. The standard InChI is InChI=1S/C8H14N2O5/c1-4-5(11)3-10(7(13)14)8(4,15-2)6(9)12/h4-5,11H,3H2,1-2H3,(H2,9,12)(H,13,14)/t4?,5-,8+/m0/s1. The quantitative estimate of drug-likeness (QED) is 0.539. The smallest absolute Gasteiger partial charge is 0.410 e. The maximum Gasteiger partial charge on any atom is 0.410 e. The predicted octanol–water partition coefficient (Wildman–Crippen LogP) is -1.19. The molecule has 7 nitrogen and oxygen atoms in total. The van der Waals surface area contributed by atoms with Crippen molar-refractivity contribution in [2.24, 2.45) is 11.7 Å². The first-order valence-corrected chi connectivity index (χ1v) is 4.41. The number of carbonyl (C=O) groups excluding carboxylic acids is 1. The number of hydrogen-bond donors (Lipinski definition) is 3. The number of carbonyl (C=O) groups is 2. The number of ether oxygens (including phenoxy) is 1. The van der Waals surface area contributed by atoms with Crippen LogP contribution in [0.15, 0.2) is 0 Å². The van der Waals surface area contributed by atoms with Crippen molar-refractivity contribution in [2.75, 3.05) is 13.7 Å². The second kappa shape index (κ2) is 3.67. The molecular formula is C8H14N2O5. The number of aliphatic hydroxyl groups excluding tert-OH is 1. The van der Waals surface area contributed by atoms with E-state index in [1.807, 2.05) is 0 Å². The summed E-state index contributed by atoms with van der Waals surface area (Å²) in [7, 11) is 1.19. The van der Waals surface area contributed by atoms with Gasteiger partial charge in [0.15, 0.2) is 0 Å². The molecule has 1 fully saturated rings. The fraction of sp³-hybridized carbons (Fsp3) is 0.750. The van der Waals surface area contributed by atoms with Crippen molar-refractivity contribution in [3.63, 3.8) is 0 Å². The molecule has 1 heterocycles. The Labute approximate surface area is 86.4 Å². The molecule has 0 aromatic heterocycles. The highest BCUT2D eigenvalue weighted by molar-refractivity contribution is 5.88. The van der Waals surface area contributed by atoms with Crippen LogP contribution in [-0.4, -0.2) is 52.6 Å². The summed E-state index contributed by atoms with van der Waals surface area (Å²) in [5.41, 5.74) is 3.37. The summed E-state index contributed by atoms with van der Waals surface area (Å²) in [4.78, 5) is 22.9. The van der Waals surface area contributed by atoms with E-state index in [2.05, 4.69) is 0 Å². The molecule has 0 aromatic rings. The van der Waals surface area contributed by atoms with Crippen molar-refractivity contribution in [1.29, 1.82) is 0 Å². The SMILES string of the molecule is CO[C@@]1(C(N)=O)C(C)[C@@H](O)CN1C(=O)O. The average molecular weight is 218 g/mol. The molecule has 15 heavy (non-hydrogen) atoms. The van der Waals surface area contributed by atoms with E-state index < -0.39 is 29.7 Å². The van der Waals surface area contributed by atoms with Crippen molar-refractivity contribution in [1.82, 2.24) is 4.90 Å². The number of aliphatic hydroxyl groups is 1. The van der Waals surface area contributed by atoms with Gasteiger partial charge in [0.1, 0.15) is 0 Å². The largest absolute Gasteiger partial charge is 0.465 e. The van der Waals surface area contributed by atoms with E-state index in [0.29, 0.717) is 0 Å². The van der Waals surface area contributed by atoms with E-state index in [0.717, 1.165) is 4.90 Å². The summed E-state index contributed by atoms with van der Waals surface area (Å²) in [6.45, 7) is 1.33. The van der Waals surface area contributed by atoms with Gasteiger partial charge in [-0.2, -0.15) is 0 Å². The first-order chi connectivity index (χ1) is 6.87. The molecule has 3 atom stereocenters. The Kier molecular flexibility index (Phi) is 2.87. The Morgan fingerprint density at radius 2 is 2.13 bits per heavy atom. The molecule has 1 aliphatic heterocycles. The molecule has 0 saturated carbocycles. The Morgan fingerprint density at radius 1 is 1.60 bits per heavy atom. The summed E-state index contributed by atoms with van der Waals surface area (Å²) < 4.78 is 4.93. The highest BCUT2D eigenvalue weighted by atomic mass is 16.5. The van der Waals surface area contributed by atoms with Gasteiger partial charge in [-0.05, 0) is 0 Å². The Bertz CT molecular complexity index is 295. The lowest BCUT2D eigenvalue weighted by atomic mass is 9.96. The Morgan fingerprint density at radius 3 is 2.40 bits per heavy atom. The predicted molar refractivity (Wildman–Crippen MR) is 48.8 cm³/mol. The molecule has 0 radical (unpaired) electrons. The van der Waals surface area contributed by atoms with Gasteiger partial charge in [-0.1, -0.05) is 6.92 Å². The van der Waals surface area contributed by atoms with Crippen LogP contribution in [0.4, 0.5) is 4.79 Å². The molecule has 0 aliphatic carbocycles.